The van der Waals surface area contributed by atoms with Crippen molar-refractivity contribution in [1.29, 1.82) is 0 Å². The Kier molecular flexibility index (Phi) is 2.99. The molecule has 1 fully saturated rings. The Morgan fingerprint density at radius 2 is 2.29 bits per heavy atom. The minimum atomic E-state index is -0.359. The van der Waals surface area contributed by atoms with Crippen LogP contribution in [0.2, 0.25) is 0 Å². The van der Waals surface area contributed by atoms with Gasteiger partial charge in [0.2, 0.25) is 5.91 Å². The van der Waals surface area contributed by atoms with Gasteiger partial charge in [-0.2, -0.15) is 5.10 Å². The Labute approximate surface area is 98.1 Å². The number of carbonyl (C=O) groups excluding carboxylic acids is 2. The Balaban J connectivity index is 2.10. The molecule has 17 heavy (non-hydrogen) atoms. The largest absolute Gasteiger partial charge is 0.383 e. The number of nitrogens with two attached hydrogens (primary N) is 2. The van der Waals surface area contributed by atoms with Crippen LogP contribution in [-0.2, 0) is 4.79 Å². The molecule has 0 aliphatic carbocycles. The predicted octanol–water partition coefficient (Wildman–Crippen LogP) is -0.671. The number of hydrogen-bond donors (Lipinski definition) is 3. The van der Waals surface area contributed by atoms with Crippen molar-refractivity contribution in [2.45, 2.75) is 12.8 Å². The topological polar surface area (TPSA) is 118 Å². The fraction of sp³-hybridized carbons (Fsp3) is 0.500. The maximum absolute atomic E-state index is 12.1. The normalized spacial score (nSPS) is 20.2. The zero-order valence-electron chi connectivity index (χ0n) is 9.35. The van der Waals surface area contributed by atoms with E-state index >= 15 is 0 Å². The number of primary amides is 1. The highest BCUT2D eigenvalue weighted by Gasteiger charge is 2.28. The number of anilines is 1. The average molecular weight is 237 g/mol. The summed E-state index contributed by atoms with van der Waals surface area (Å²) in [6.07, 6.45) is 2.91. The second kappa shape index (κ2) is 4.44. The number of hydrogen-bond acceptors (Lipinski definition) is 4. The van der Waals surface area contributed by atoms with Gasteiger partial charge in [-0.15, -0.1) is 0 Å². The van der Waals surface area contributed by atoms with E-state index in [1.807, 2.05) is 0 Å². The number of carbonyl (C=O) groups is 2. The molecule has 0 bridgehead atoms. The van der Waals surface area contributed by atoms with Crippen LogP contribution < -0.4 is 11.5 Å². The number of aromatic nitrogens is 2. The molecule has 1 aromatic rings. The number of nitrogens with zero attached hydrogens (tertiary/aromatic N) is 2. The fourth-order valence-electron chi connectivity index (χ4n) is 2.03. The van der Waals surface area contributed by atoms with E-state index in [0.29, 0.717) is 18.7 Å². The Hall–Kier alpha value is -2.05. The molecule has 92 valence electrons. The molecular formula is C10H15N5O2. The first kappa shape index (κ1) is 11.4. The highest BCUT2D eigenvalue weighted by molar-refractivity contribution is 5.98. The van der Waals surface area contributed by atoms with Crippen molar-refractivity contribution in [2.75, 3.05) is 18.8 Å². The number of amides is 2. The average Bonchev–Trinajstić information content (AvgIpc) is 2.74. The van der Waals surface area contributed by atoms with Crippen LogP contribution in [-0.4, -0.2) is 40.0 Å². The minimum Gasteiger partial charge on any atom is -0.383 e. The van der Waals surface area contributed by atoms with Crippen molar-refractivity contribution in [3.8, 4) is 0 Å². The molecule has 7 heteroatoms. The third-order valence-corrected chi connectivity index (χ3v) is 3.01. The molecular weight excluding hydrogens is 222 g/mol. The van der Waals surface area contributed by atoms with Crippen LogP contribution in [0.5, 0.6) is 0 Å². The molecule has 2 heterocycles. The maximum atomic E-state index is 12.1. The summed E-state index contributed by atoms with van der Waals surface area (Å²) in [5.74, 6) is -0.582. The molecule has 0 saturated carbocycles. The number of rotatable bonds is 2. The van der Waals surface area contributed by atoms with E-state index in [1.165, 1.54) is 6.20 Å². The van der Waals surface area contributed by atoms with Gasteiger partial charge in [0.1, 0.15) is 11.4 Å². The van der Waals surface area contributed by atoms with Gasteiger partial charge in [-0.25, -0.2) is 0 Å². The highest BCUT2D eigenvalue weighted by atomic mass is 16.2. The van der Waals surface area contributed by atoms with E-state index in [2.05, 4.69) is 10.2 Å². The van der Waals surface area contributed by atoms with E-state index in [4.69, 9.17) is 11.5 Å². The quantitative estimate of drug-likeness (QED) is 0.632. The summed E-state index contributed by atoms with van der Waals surface area (Å²) < 4.78 is 0. The Morgan fingerprint density at radius 1 is 1.53 bits per heavy atom. The van der Waals surface area contributed by atoms with Crippen LogP contribution in [0.4, 0.5) is 5.82 Å². The first-order valence-electron chi connectivity index (χ1n) is 5.47. The van der Waals surface area contributed by atoms with Crippen LogP contribution >= 0.6 is 0 Å². The molecule has 0 spiro atoms. The first-order chi connectivity index (χ1) is 8.09. The van der Waals surface area contributed by atoms with E-state index in [-0.39, 0.29) is 23.6 Å². The van der Waals surface area contributed by atoms with Crippen molar-refractivity contribution >= 4 is 17.6 Å². The van der Waals surface area contributed by atoms with Gasteiger partial charge in [0.05, 0.1) is 12.1 Å². The smallest absolute Gasteiger partial charge is 0.259 e. The van der Waals surface area contributed by atoms with Crippen LogP contribution in [0.15, 0.2) is 6.20 Å². The lowest BCUT2D eigenvalue weighted by Crippen LogP contribution is -2.44. The zero-order valence-corrected chi connectivity index (χ0v) is 9.35. The third-order valence-electron chi connectivity index (χ3n) is 3.01. The SMILES string of the molecule is NC(=O)C1CCCN(C(=O)c2cn[nH]c2N)C1. The van der Waals surface area contributed by atoms with Gasteiger partial charge in [-0.05, 0) is 12.8 Å². The van der Waals surface area contributed by atoms with Crippen molar-refractivity contribution < 1.29 is 9.59 Å². The Bertz CT molecular complexity index is 442. The predicted molar refractivity (Wildman–Crippen MR) is 60.8 cm³/mol. The molecule has 7 nitrogen and oxygen atoms in total. The number of piperidine rings is 1. The second-order valence-corrected chi connectivity index (χ2v) is 4.19. The molecule has 2 amide bonds. The first-order valence-corrected chi connectivity index (χ1v) is 5.47. The van der Waals surface area contributed by atoms with Crippen LogP contribution in [0.25, 0.3) is 0 Å². The van der Waals surface area contributed by atoms with Gasteiger partial charge in [-0.3, -0.25) is 14.7 Å². The number of nitrogen functional groups attached to an aromatic ring is 1. The number of aromatic amines is 1. The van der Waals surface area contributed by atoms with E-state index in [9.17, 15) is 9.59 Å². The molecule has 2 rings (SSSR count). The maximum Gasteiger partial charge on any atom is 0.259 e. The monoisotopic (exact) mass is 237 g/mol. The molecule has 1 aliphatic heterocycles. The summed E-state index contributed by atoms with van der Waals surface area (Å²) in [6, 6.07) is 0. The lowest BCUT2D eigenvalue weighted by atomic mass is 9.97. The van der Waals surface area contributed by atoms with Gasteiger partial charge in [-0.1, -0.05) is 0 Å². The van der Waals surface area contributed by atoms with E-state index < -0.39 is 0 Å². The summed E-state index contributed by atoms with van der Waals surface area (Å²) in [6.45, 7) is 0.978. The van der Waals surface area contributed by atoms with Crippen LogP contribution in [0.3, 0.4) is 0 Å². The van der Waals surface area contributed by atoms with Crippen molar-refractivity contribution in [3.63, 3.8) is 0 Å². The lowest BCUT2D eigenvalue weighted by molar-refractivity contribution is -0.123. The van der Waals surface area contributed by atoms with Crippen LogP contribution in [0, 0.1) is 5.92 Å². The minimum absolute atomic E-state index is 0.206. The second-order valence-electron chi connectivity index (χ2n) is 4.19. The molecule has 0 radical (unpaired) electrons. The molecule has 1 atom stereocenters. The van der Waals surface area contributed by atoms with Gasteiger partial charge >= 0.3 is 0 Å². The lowest BCUT2D eigenvalue weighted by Gasteiger charge is -2.31. The van der Waals surface area contributed by atoms with Gasteiger partial charge in [0.15, 0.2) is 0 Å². The van der Waals surface area contributed by atoms with Gasteiger partial charge in [0, 0.05) is 13.1 Å². The summed E-state index contributed by atoms with van der Waals surface area (Å²) in [4.78, 5) is 24.8. The molecule has 1 aromatic heterocycles. The fourth-order valence-corrected chi connectivity index (χ4v) is 2.03. The number of H-pyrrole nitrogens is 1. The summed E-state index contributed by atoms with van der Waals surface area (Å²) in [5.41, 5.74) is 11.2. The third kappa shape index (κ3) is 2.22. The van der Waals surface area contributed by atoms with Gasteiger partial charge < -0.3 is 16.4 Å². The van der Waals surface area contributed by atoms with E-state index in [1.54, 1.807) is 4.90 Å². The van der Waals surface area contributed by atoms with Crippen molar-refractivity contribution in [2.24, 2.45) is 11.7 Å². The zero-order chi connectivity index (χ0) is 12.4. The summed E-state index contributed by atoms with van der Waals surface area (Å²) in [7, 11) is 0. The van der Waals surface area contributed by atoms with Gasteiger partial charge in [0.25, 0.3) is 5.91 Å². The summed E-state index contributed by atoms with van der Waals surface area (Å²) >= 11 is 0. The van der Waals surface area contributed by atoms with E-state index in [0.717, 1.165) is 12.8 Å². The molecule has 1 unspecified atom stereocenters. The Morgan fingerprint density at radius 3 is 2.88 bits per heavy atom. The van der Waals surface area contributed by atoms with Crippen LogP contribution in [0.1, 0.15) is 23.2 Å². The summed E-state index contributed by atoms with van der Waals surface area (Å²) in [5, 5.41) is 6.21. The highest BCUT2D eigenvalue weighted by Crippen LogP contribution is 2.19. The number of nitrogens with one attached hydrogen (secondary N) is 1. The standard InChI is InChI=1S/C10H15N5O2/c11-8-7(4-13-14-8)10(17)15-3-1-2-6(5-15)9(12)16/h4,6H,1-3,5H2,(H2,12,16)(H3,11,13,14). The molecule has 1 saturated heterocycles. The van der Waals surface area contributed by atoms with Crippen molar-refractivity contribution in [3.05, 3.63) is 11.8 Å². The molecule has 5 N–H and O–H groups in total. The molecule has 1 aliphatic rings. The van der Waals surface area contributed by atoms with Crippen molar-refractivity contribution in [1.82, 2.24) is 15.1 Å². The molecule has 0 aromatic carbocycles. The number of likely N-dealkylation sites (tertiary alicyclic amines) is 1.